The van der Waals surface area contributed by atoms with Crippen LogP contribution in [0.4, 0.5) is 0 Å². The molecular weight excluding hydrogens is 340 g/mol. The molecule has 1 N–H and O–H groups in total. The Morgan fingerprint density at radius 2 is 1.96 bits per heavy atom. The van der Waals surface area contributed by atoms with Crippen molar-refractivity contribution in [3.05, 3.63) is 20.7 Å². The lowest BCUT2D eigenvalue weighted by atomic mass is 10.2. The van der Waals surface area contributed by atoms with Crippen molar-refractivity contribution in [2.75, 3.05) is 32.7 Å². The Bertz CT molecular complexity index is 647. The van der Waals surface area contributed by atoms with Gasteiger partial charge in [0.1, 0.15) is 0 Å². The van der Waals surface area contributed by atoms with E-state index in [-0.39, 0.29) is 22.7 Å². The molecule has 1 unspecified atom stereocenters. The monoisotopic (exact) mass is 368 g/mol. The van der Waals surface area contributed by atoms with Gasteiger partial charge in [-0.25, -0.2) is 0 Å². The van der Waals surface area contributed by atoms with Crippen molar-refractivity contribution < 1.29 is 9.59 Å². The number of aryl methyl sites for hydroxylation is 1. The van der Waals surface area contributed by atoms with Crippen LogP contribution < -0.4 is 10.2 Å². The molecule has 0 aromatic carbocycles. The largest absolute Gasteiger partial charge is 0.353 e. The summed E-state index contributed by atoms with van der Waals surface area (Å²) in [5.74, 6) is 0.114. The van der Waals surface area contributed by atoms with Gasteiger partial charge in [0, 0.05) is 56.3 Å². The molecule has 0 radical (unpaired) electrons. The van der Waals surface area contributed by atoms with Crippen LogP contribution >= 0.6 is 11.3 Å². The summed E-state index contributed by atoms with van der Waals surface area (Å²) in [6.45, 7) is 9.41. The van der Waals surface area contributed by atoms with Crippen LogP contribution in [0, 0.1) is 6.92 Å². The van der Waals surface area contributed by atoms with E-state index in [0.717, 1.165) is 12.1 Å². The molecule has 1 aromatic heterocycles. The molecule has 2 heterocycles. The summed E-state index contributed by atoms with van der Waals surface area (Å²) in [6.07, 6.45) is 1.26. The minimum Gasteiger partial charge on any atom is -0.353 e. The maximum atomic E-state index is 12.3. The van der Waals surface area contributed by atoms with Gasteiger partial charge in [-0.15, -0.1) is 0 Å². The van der Waals surface area contributed by atoms with E-state index in [4.69, 9.17) is 0 Å². The average molecular weight is 369 g/mol. The maximum absolute atomic E-state index is 12.3. The fraction of sp³-hybridized carbons (Fsp3) is 0.706. The highest BCUT2D eigenvalue weighted by atomic mass is 32.1. The fourth-order valence-electron chi connectivity index (χ4n) is 2.82. The van der Waals surface area contributed by atoms with Crippen LogP contribution in [0.5, 0.6) is 0 Å². The molecule has 140 valence electrons. The molecule has 0 spiro atoms. The molecule has 0 bridgehead atoms. The van der Waals surface area contributed by atoms with Crippen LogP contribution in [0.25, 0.3) is 0 Å². The van der Waals surface area contributed by atoms with Gasteiger partial charge < -0.3 is 14.8 Å². The molecule has 1 fully saturated rings. The molecule has 8 heteroatoms. The van der Waals surface area contributed by atoms with Gasteiger partial charge in [-0.3, -0.25) is 19.3 Å². The molecule has 2 rings (SSSR count). The summed E-state index contributed by atoms with van der Waals surface area (Å²) in [4.78, 5) is 39.9. The van der Waals surface area contributed by atoms with Crippen molar-refractivity contribution in [1.82, 2.24) is 19.7 Å². The van der Waals surface area contributed by atoms with Crippen LogP contribution in [0.3, 0.4) is 0 Å². The van der Waals surface area contributed by atoms with Crippen molar-refractivity contribution in [1.29, 1.82) is 0 Å². The Morgan fingerprint density at radius 1 is 1.28 bits per heavy atom. The van der Waals surface area contributed by atoms with Gasteiger partial charge in [-0.1, -0.05) is 18.3 Å². The van der Waals surface area contributed by atoms with Gasteiger partial charge in [0.15, 0.2) is 0 Å². The van der Waals surface area contributed by atoms with E-state index in [1.54, 1.807) is 4.57 Å². The summed E-state index contributed by atoms with van der Waals surface area (Å²) in [5, 5.41) is 4.78. The van der Waals surface area contributed by atoms with Crippen molar-refractivity contribution in [2.45, 2.75) is 46.2 Å². The van der Waals surface area contributed by atoms with Crippen molar-refractivity contribution >= 4 is 23.2 Å². The van der Waals surface area contributed by atoms with E-state index in [1.165, 1.54) is 11.3 Å². The minimum atomic E-state index is -0.0116. The standard InChI is InChI=1S/C17H28N4O3S/c1-4-13(2)18-15(22)11-19-7-9-20(10-8-19)16(23)5-6-21-14(3)12-25-17(21)24/h12-13H,4-11H2,1-3H3,(H,18,22). The highest BCUT2D eigenvalue weighted by Crippen LogP contribution is 2.06. The number of hydrogen-bond acceptors (Lipinski definition) is 5. The van der Waals surface area contributed by atoms with Crippen LogP contribution in [-0.4, -0.2) is 64.9 Å². The van der Waals surface area contributed by atoms with Gasteiger partial charge >= 0.3 is 4.87 Å². The summed E-state index contributed by atoms with van der Waals surface area (Å²) in [6, 6.07) is 0.194. The van der Waals surface area contributed by atoms with E-state index in [0.29, 0.717) is 45.7 Å². The molecule has 1 atom stereocenters. The first-order chi connectivity index (χ1) is 11.9. The lowest BCUT2D eigenvalue weighted by molar-refractivity contribution is -0.133. The zero-order valence-corrected chi connectivity index (χ0v) is 16.1. The summed E-state index contributed by atoms with van der Waals surface area (Å²) < 4.78 is 1.65. The number of piperazine rings is 1. The number of carbonyl (C=O) groups excluding carboxylic acids is 2. The van der Waals surface area contributed by atoms with Gasteiger partial charge in [-0.2, -0.15) is 0 Å². The number of rotatable bonds is 7. The second kappa shape index (κ2) is 9.15. The molecular formula is C17H28N4O3S. The predicted molar refractivity (Wildman–Crippen MR) is 98.8 cm³/mol. The molecule has 1 saturated heterocycles. The number of carbonyl (C=O) groups is 2. The second-order valence-electron chi connectivity index (χ2n) is 6.58. The maximum Gasteiger partial charge on any atom is 0.307 e. The molecule has 1 aliphatic rings. The van der Waals surface area contributed by atoms with Crippen LogP contribution in [-0.2, 0) is 16.1 Å². The van der Waals surface area contributed by atoms with Crippen molar-refractivity contribution in [2.24, 2.45) is 0 Å². The zero-order valence-electron chi connectivity index (χ0n) is 15.3. The smallest absolute Gasteiger partial charge is 0.307 e. The van der Waals surface area contributed by atoms with Crippen LogP contribution in [0.15, 0.2) is 10.2 Å². The molecule has 7 nitrogen and oxygen atoms in total. The molecule has 25 heavy (non-hydrogen) atoms. The molecule has 2 amide bonds. The number of nitrogens with one attached hydrogen (secondary N) is 1. The first-order valence-electron chi connectivity index (χ1n) is 8.85. The van der Waals surface area contributed by atoms with Gasteiger partial charge in [0.25, 0.3) is 0 Å². The molecule has 0 saturated carbocycles. The fourth-order valence-corrected chi connectivity index (χ4v) is 3.58. The number of amides is 2. The summed E-state index contributed by atoms with van der Waals surface area (Å²) in [5.41, 5.74) is 0.903. The molecule has 1 aliphatic heterocycles. The zero-order chi connectivity index (χ0) is 18.4. The highest BCUT2D eigenvalue weighted by molar-refractivity contribution is 7.07. The highest BCUT2D eigenvalue weighted by Gasteiger charge is 2.22. The quantitative estimate of drug-likeness (QED) is 0.768. The predicted octanol–water partition coefficient (Wildman–Crippen LogP) is 0.667. The third kappa shape index (κ3) is 5.67. The first-order valence-corrected chi connectivity index (χ1v) is 9.73. The Hall–Kier alpha value is -1.67. The van der Waals surface area contributed by atoms with E-state index in [2.05, 4.69) is 10.2 Å². The number of nitrogens with zero attached hydrogens (tertiary/aromatic N) is 3. The topological polar surface area (TPSA) is 74.7 Å². The summed E-state index contributed by atoms with van der Waals surface area (Å²) in [7, 11) is 0. The average Bonchev–Trinajstić information content (AvgIpc) is 2.91. The van der Waals surface area contributed by atoms with E-state index in [9.17, 15) is 14.4 Å². The van der Waals surface area contributed by atoms with E-state index < -0.39 is 0 Å². The summed E-state index contributed by atoms with van der Waals surface area (Å²) >= 11 is 1.17. The van der Waals surface area contributed by atoms with Crippen LogP contribution in [0.2, 0.25) is 0 Å². The Labute approximate surface area is 152 Å². The van der Waals surface area contributed by atoms with E-state index in [1.807, 2.05) is 31.1 Å². The number of aromatic nitrogens is 1. The molecule has 1 aromatic rings. The normalized spacial score (nSPS) is 16.7. The third-order valence-electron chi connectivity index (χ3n) is 4.64. The Morgan fingerprint density at radius 3 is 2.52 bits per heavy atom. The van der Waals surface area contributed by atoms with E-state index >= 15 is 0 Å². The first kappa shape index (κ1) is 19.7. The number of thiazole rings is 1. The lowest BCUT2D eigenvalue weighted by Crippen LogP contribution is -2.51. The third-order valence-corrected chi connectivity index (χ3v) is 5.52. The SMILES string of the molecule is CCC(C)NC(=O)CN1CCN(C(=O)CCn2c(C)csc2=O)CC1. The Balaban J connectivity index is 1.73. The lowest BCUT2D eigenvalue weighted by Gasteiger charge is -2.34. The van der Waals surface area contributed by atoms with Crippen molar-refractivity contribution in [3.8, 4) is 0 Å². The van der Waals surface area contributed by atoms with Gasteiger partial charge in [-0.05, 0) is 20.3 Å². The van der Waals surface area contributed by atoms with Crippen molar-refractivity contribution in [3.63, 3.8) is 0 Å². The number of hydrogen-bond donors (Lipinski definition) is 1. The van der Waals surface area contributed by atoms with Gasteiger partial charge in [0.05, 0.1) is 6.54 Å². The van der Waals surface area contributed by atoms with Crippen LogP contribution in [0.1, 0.15) is 32.4 Å². The molecule has 0 aliphatic carbocycles. The van der Waals surface area contributed by atoms with Gasteiger partial charge in [0.2, 0.25) is 11.8 Å². The minimum absolute atomic E-state index is 0.0116. The second-order valence-corrected chi connectivity index (χ2v) is 7.40. The Kier molecular flexibility index (Phi) is 7.19.